The molecule has 1 aliphatic heterocycles. The molecule has 1 N–H and O–H groups in total. The van der Waals surface area contributed by atoms with Gasteiger partial charge in [0.1, 0.15) is 0 Å². The number of hydrogen-bond donors (Lipinski definition) is 1. The van der Waals surface area contributed by atoms with E-state index in [1.54, 1.807) is 19.9 Å². The number of aryl methyl sites for hydroxylation is 1. The second-order valence-electron chi connectivity index (χ2n) is 10.4. The van der Waals surface area contributed by atoms with E-state index in [1.165, 1.54) is 18.1 Å². The monoisotopic (exact) mass is 542 g/mol. The molecule has 38 heavy (non-hydrogen) atoms. The summed E-state index contributed by atoms with van der Waals surface area (Å²) in [5, 5.41) is 2.73. The highest BCUT2D eigenvalue weighted by molar-refractivity contribution is 5.78. The number of nitrogens with one attached hydrogen (secondary N) is 1. The van der Waals surface area contributed by atoms with E-state index in [0.29, 0.717) is 22.3 Å². The van der Waals surface area contributed by atoms with E-state index < -0.39 is 47.7 Å². The fraction of sp³-hybridized carbons (Fsp3) is 0.536. The number of methoxy groups -OCH3 is 1. The van der Waals surface area contributed by atoms with E-state index in [4.69, 9.17) is 4.74 Å². The van der Waals surface area contributed by atoms with Crippen LogP contribution in [0.2, 0.25) is 0 Å². The zero-order valence-electron chi connectivity index (χ0n) is 21.5. The Bertz CT molecular complexity index is 1160. The minimum Gasteiger partial charge on any atom is -0.376 e. The molecule has 0 aromatic heterocycles. The highest BCUT2D eigenvalue weighted by Crippen LogP contribution is 2.41. The van der Waals surface area contributed by atoms with Gasteiger partial charge >= 0.3 is 18.4 Å². The van der Waals surface area contributed by atoms with Crippen molar-refractivity contribution in [3.8, 4) is 0 Å². The van der Waals surface area contributed by atoms with Crippen LogP contribution in [0.1, 0.15) is 84.6 Å². The maximum atomic E-state index is 13.6. The number of rotatable bonds is 6. The number of carbonyl (C=O) groups is 1. The van der Waals surface area contributed by atoms with E-state index in [1.807, 2.05) is 0 Å². The van der Waals surface area contributed by atoms with Gasteiger partial charge in [-0.15, -0.1) is 0 Å². The minimum atomic E-state index is -4.57. The van der Waals surface area contributed by atoms with Crippen LogP contribution in [0, 0.1) is 12.8 Å². The summed E-state index contributed by atoms with van der Waals surface area (Å²) in [6.07, 6.45) is -4.60. The minimum absolute atomic E-state index is 0.132. The van der Waals surface area contributed by atoms with Crippen LogP contribution in [0.15, 0.2) is 36.4 Å². The van der Waals surface area contributed by atoms with Crippen molar-refractivity contribution in [3.05, 3.63) is 69.8 Å². The topological polar surface area (TPSA) is 41.6 Å². The van der Waals surface area contributed by atoms with Crippen molar-refractivity contribution < 1.29 is 35.9 Å². The average Bonchev–Trinajstić information content (AvgIpc) is 3.13. The molecular weight excluding hydrogens is 510 g/mol. The molecule has 4 rings (SSSR count). The van der Waals surface area contributed by atoms with Crippen molar-refractivity contribution in [2.45, 2.75) is 83.0 Å². The van der Waals surface area contributed by atoms with Gasteiger partial charge in [-0.25, -0.2) is 4.79 Å². The molecule has 2 aliphatic rings. The number of hydrogen-bond acceptors (Lipinski definition) is 2. The fourth-order valence-electron chi connectivity index (χ4n) is 5.83. The summed E-state index contributed by atoms with van der Waals surface area (Å²) in [6.45, 7) is 3.09. The van der Waals surface area contributed by atoms with Crippen LogP contribution in [0.5, 0.6) is 0 Å². The molecule has 1 heterocycles. The van der Waals surface area contributed by atoms with E-state index in [9.17, 15) is 31.1 Å². The van der Waals surface area contributed by atoms with Gasteiger partial charge in [0.15, 0.2) is 0 Å². The van der Waals surface area contributed by atoms with Crippen LogP contribution in [-0.4, -0.2) is 24.1 Å². The standard InChI is InChI=1S/C28H32F6N2O2/c1-16-11-19(13-22(12-16)28(32,33)34)24-17(2)36(26(37)35-24)15-20-14-21(27(29,30)31)9-10-23(20)25(38-3)18-7-5-4-6-8-18/h9-14,17-18,24-25H,4-8,15H2,1-3H3,(H,35,37)/t17-,24-,25?/m0/s1. The van der Waals surface area contributed by atoms with Crippen LogP contribution < -0.4 is 5.32 Å². The van der Waals surface area contributed by atoms with Crippen molar-refractivity contribution in [1.82, 2.24) is 10.2 Å². The molecular formula is C28H32F6N2O2. The maximum Gasteiger partial charge on any atom is 0.416 e. The summed E-state index contributed by atoms with van der Waals surface area (Å²) < 4.78 is 87.0. The van der Waals surface area contributed by atoms with E-state index in [-0.39, 0.29) is 12.5 Å². The fourth-order valence-corrected chi connectivity index (χ4v) is 5.83. The summed E-state index contributed by atoms with van der Waals surface area (Å²) in [6, 6.07) is 5.25. The average molecular weight is 543 g/mol. The largest absolute Gasteiger partial charge is 0.416 e. The summed E-state index contributed by atoms with van der Waals surface area (Å²) in [5.41, 5.74) is -0.0341. The number of benzene rings is 2. The number of amides is 2. The molecule has 1 saturated carbocycles. The highest BCUT2D eigenvalue weighted by Gasteiger charge is 2.40. The van der Waals surface area contributed by atoms with Gasteiger partial charge in [0, 0.05) is 13.7 Å². The van der Waals surface area contributed by atoms with Gasteiger partial charge < -0.3 is 15.0 Å². The normalized spacial score (nSPS) is 22.0. The number of carbonyl (C=O) groups excluding carboxylic acids is 1. The van der Waals surface area contributed by atoms with Crippen LogP contribution in [0.4, 0.5) is 31.1 Å². The number of ether oxygens (including phenoxy) is 1. The van der Waals surface area contributed by atoms with E-state index >= 15 is 0 Å². The lowest BCUT2D eigenvalue weighted by Crippen LogP contribution is -2.33. The molecule has 1 saturated heterocycles. The second-order valence-corrected chi connectivity index (χ2v) is 10.4. The first-order valence-corrected chi connectivity index (χ1v) is 12.8. The Morgan fingerprint density at radius 2 is 1.63 bits per heavy atom. The van der Waals surface area contributed by atoms with Crippen LogP contribution in [0.3, 0.4) is 0 Å². The van der Waals surface area contributed by atoms with Crippen molar-refractivity contribution in [2.24, 2.45) is 5.92 Å². The molecule has 2 fully saturated rings. The third-order valence-electron chi connectivity index (χ3n) is 7.75. The molecule has 3 atom stereocenters. The molecule has 1 aliphatic carbocycles. The zero-order chi connectivity index (χ0) is 27.8. The highest BCUT2D eigenvalue weighted by atomic mass is 19.4. The number of urea groups is 1. The number of nitrogens with zero attached hydrogens (tertiary/aromatic N) is 1. The number of alkyl halides is 6. The Hall–Kier alpha value is -2.75. The molecule has 2 aromatic rings. The quantitative estimate of drug-likeness (QED) is 0.377. The van der Waals surface area contributed by atoms with Crippen molar-refractivity contribution in [3.63, 3.8) is 0 Å². The van der Waals surface area contributed by atoms with Gasteiger partial charge in [-0.05, 0) is 73.6 Å². The van der Waals surface area contributed by atoms with Crippen molar-refractivity contribution >= 4 is 6.03 Å². The lowest BCUT2D eigenvalue weighted by molar-refractivity contribution is -0.138. The smallest absolute Gasteiger partial charge is 0.376 e. The van der Waals surface area contributed by atoms with Crippen molar-refractivity contribution in [1.29, 1.82) is 0 Å². The van der Waals surface area contributed by atoms with Gasteiger partial charge in [-0.1, -0.05) is 37.0 Å². The molecule has 1 unspecified atom stereocenters. The molecule has 2 aromatic carbocycles. The predicted octanol–water partition coefficient (Wildman–Crippen LogP) is 7.96. The first-order chi connectivity index (χ1) is 17.8. The predicted molar refractivity (Wildman–Crippen MR) is 130 cm³/mol. The SMILES string of the molecule is COC(c1ccc(C(F)(F)F)cc1CN1C(=O)N[C@H](c2cc(C)cc(C(F)(F)F)c2)[C@@H]1C)C1CCCCC1. The first kappa shape index (κ1) is 28.3. The zero-order valence-corrected chi connectivity index (χ0v) is 21.5. The number of halogens is 6. The Morgan fingerprint density at radius 3 is 2.24 bits per heavy atom. The van der Waals surface area contributed by atoms with Crippen LogP contribution >= 0.6 is 0 Å². The summed E-state index contributed by atoms with van der Waals surface area (Å²) in [7, 11) is 1.54. The molecule has 4 nitrogen and oxygen atoms in total. The first-order valence-electron chi connectivity index (χ1n) is 12.8. The summed E-state index contributed by atoms with van der Waals surface area (Å²) in [5.74, 6) is 0.148. The Kier molecular flexibility index (Phi) is 8.02. The Labute approximate surface area is 218 Å². The van der Waals surface area contributed by atoms with Gasteiger partial charge in [-0.2, -0.15) is 26.3 Å². The van der Waals surface area contributed by atoms with Crippen LogP contribution in [-0.2, 0) is 23.6 Å². The molecule has 0 spiro atoms. The van der Waals surface area contributed by atoms with Gasteiger partial charge in [0.2, 0.25) is 0 Å². The lowest BCUT2D eigenvalue weighted by atomic mass is 9.81. The summed E-state index contributed by atoms with van der Waals surface area (Å²) in [4.78, 5) is 14.4. The van der Waals surface area contributed by atoms with Gasteiger partial charge in [0.05, 0.1) is 29.3 Å². The van der Waals surface area contributed by atoms with E-state index in [2.05, 4.69) is 5.32 Å². The maximum absolute atomic E-state index is 13.6. The lowest BCUT2D eigenvalue weighted by Gasteiger charge is -2.32. The third kappa shape index (κ3) is 5.95. The van der Waals surface area contributed by atoms with Crippen LogP contribution in [0.25, 0.3) is 0 Å². The molecule has 0 radical (unpaired) electrons. The van der Waals surface area contributed by atoms with Gasteiger partial charge in [-0.3, -0.25) is 0 Å². The van der Waals surface area contributed by atoms with E-state index in [0.717, 1.165) is 56.4 Å². The second kappa shape index (κ2) is 10.8. The third-order valence-corrected chi connectivity index (χ3v) is 7.75. The summed E-state index contributed by atoms with van der Waals surface area (Å²) >= 11 is 0. The van der Waals surface area contributed by atoms with Crippen molar-refractivity contribution in [2.75, 3.05) is 7.11 Å². The molecule has 208 valence electrons. The molecule has 10 heteroatoms. The Balaban J connectivity index is 1.68. The Morgan fingerprint density at radius 1 is 0.974 bits per heavy atom. The molecule has 0 bridgehead atoms. The molecule has 2 amide bonds. The van der Waals surface area contributed by atoms with Gasteiger partial charge in [0.25, 0.3) is 0 Å².